The van der Waals surface area contributed by atoms with Gasteiger partial charge in [-0.15, -0.1) is 11.6 Å². The standard InChI is InChI=1S/C10H15ClO3/c1-9(5-12)6-3-4-10(2,14-6)7(11)8(9)13/h6-7,12H,3-5H2,1-2H3/t6-,7+,9?,10?/m0/s1. The lowest BCUT2D eigenvalue weighted by Crippen LogP contribution is -2.57. The van der Waals surface area contributed by atoms with E-state index in [9.17, 15) is 9.90 Å². The number of alkyl halides is 1. The number of carbonyl (C=O) groups is 1. The normalized spacial score (nSPS) is 52.4. The molecule has 2 aliphatic rings. The van der Waals surface area contributed by atoms with Gasteiger partial charge in [0.05, 0.1) is 23.7 Å². The Morgan fingerprint density at radius 3 is 2.86 bits per heavy atom. The SMILES string of the molecule is CC12CC[C@H](O1)C(C)(CO)C(=O)[C@H]2Cl. The smallest absolute Gasteiger partial charge is 0.164 e. The van der Waals surface area contributed by atoms with E-state index in [2.05, 4.69) is 0 Å². The van der Waals surface area contributed by atoms with Crippen LogP contribution in [0, 0.1) is 5.41 Å². The van der Waals surface area contributed by atoms with E-state index >= 15 is 0 Å². The predicted molar refractivity (Wildman–Crippen MR) is 52.4 cm³/mol. The van der Waals surface area contributed by atoms with Gasteiger partial charge in [-0.05, 0) is 26.7 Å². The molecule has 0 spiro atoms. The van der Waals surface area contributed by atoms with Crippen molar-refractivity contribution in [2.75, 3.05) is 6.61 Å². The summed E-state index contributed by atoms with van der Waals surface area (Å²) in [6.45, 7) is 3.43. The highest BCUT2D eigenvalue weighted by Crippen LogP contribution is 2.49. The van der Waals surface area contributed by atoms with Crippen molar-refractivity contribution in [3.8, 4) is 0 Å². The van der Waals surface area contributed by atoms with Crippen LogP contribution in [0.1, 0.15) is 26.7 Å². The number of carbonyl (C=O) groups excluding carboxylic acids is 1. The lowest BCUT2D eigenvalue weighted by Gasteiger charge is -2.43. The molecule has 2 unspecified atom stereocenters. The number of fused-ring (bicyclic) bond motifs is 2. The maximum absolute atomic E-state index is 12.0. The topological polar surface area (TPSA) is 46.5 Å². The summed E-state index contributed by atoms with van der Waals surface area (Å²) in [6, 6.07) is 0. The number of halogens is 1. The Morgan fingerprint density at radius 1 is 1.64 bits per heavy atom. The second-order valence-corrected chi connectivity index (χ2v) is 5.20. The fourth-order valence-electron chi connectivity index (χ4n) is 2.40. The van der Waals surface area contributed by atoms with E-state index < -0.39 is 16.4 Å². The maximum Gasteiger partial charge on any atom is 0.164 e. The molecule has 0 aromatic heterocycles. The third-order valence-corrected chi connectivity index (χ3v) is 4.34. The average molecular weight is 219 g/mol. The molecular weight excluding hydrogens is 204 g/mol. The minimum Gasteiger partial charge on any atom is -0.395 e. The van der Waals surface area contributed by atoms with Gasteiger partial charge in [-0.1, -0.05) is 0 Å². The summed E-state index contributed by atoms with van der Waals surface area (Å²) in [5.74, 6) is -0.0714. The molecule has 4 heteroatoms. The van der Waals surface area contributed by atoms with Crippen LogP contribution in [0.15, 0.2) is 0 Å². The maximum atomic E-state index is 12.0. The quantitative estimate of drug-likeness (QED) is 0.671. The van der Waals surface area contributed by atoms with Gasteiger partial charge in [-0.2, -0.15) is 0 Å². The highest BCUT2D eigenvalue weighted by Gasteiger charge is 2.60. The molecule has 0 amide bonds. The number of hydrogen-bond donors (Lipinski definition) is 1. The molecule has 3 nitrogen and oxygen atoms in total. The molecule has 0 radical (unpaired) electrons. The number of rotatable bonds is 1. The van der Waals surface area contributed by atoms with Gasteiger partial charge in [0.1, 0.15) is 5.38 Å². The molecule has 2 rings (SSSR count). The van der Waals surface area contributed by atoms with E-state index in [-0.39, 0.29) is 18.5 Å². The number of aliphatic hydroxyl groups is 1. The summed E-state index contributed by atoms with van der Waals surface area (Å²) in [6.07, 6.45) is 1.44. The monoisotopic (exact) mass is 218 g/mol. The Morgan fingerprint density at radius 2 is 2.29 bits per heavy atom. The molecule has 2 fully saturated rings. The lowest BCUT2D eigenvalue weighted by atomic mass is 9.77. The van der Waals surface area contributed by atoms with Gasteiger partial charge < -0.3 is 9.84 Å². The summed E-state index contributed by atoms with van der Waals surface area (Å²) in [4.78, 5) is 12.0. The van der Waals surface area contributed by atoms with Crippen molar-refractivity contribution >= 4 is 17.4 Å². The first-order valence-corrected chi connectivity index (χ1v) is 5.35. The van der Waals surface area contributed by atoms with Gasteiger partial charge in [-0.3, -0.25) is 4.79 Å². The number of hydrogen-bond acceptors (Lipinski definition) is 3. The van der Waals surface area contributed by atoms with Gasteiger partial charge in [0.15, 0.2) is 5.78 Å². The zero-order valence-corrected chi connectivity index (χ0v) is 9.17. The molecule has 14 heavy (non-hydrogen) atoms. The van der Waals surface area contributed by atoms with E-state index in [0.29, 0.717) is 0 Å². The van der Waals surface area contributed by atoms with Crippen LogP contribution in [0.2, 0.25) is 0 Å². The number of Topliss-reactive ketones (excluding diaryl/α,β-unsaturated/α-hetero) is 1. The number of aliphatic hydroxyl groups excluding tert-OH is 1. The van der Waals surface area contributed by atoms with Gasteiger partial charge in [0.2, 0.25) is 0 Å². The summed E-state index contributed by atoms with van der Waals surface area (Å²) in [5.41, 5.74) is -1.32. The molecule has 1 N–H and O–H groups in total. The van der Waals surface area contributed by atoms with Gasteiger partial charge >= 0.3 is 0 Å². The Hall–Kier alpha value is -0.120. The highest BCUT2D eigenvalue weighted by atomic mass is 35.5. The van der Waals surface area contributed by atoms with Crippen molar-refractivity contribution in [1.82, 2.24) is 0 Å². The molecule has 4 atom stereocenters. The van der Waals surface area contributed by atoms with Gasteiger partial charge in [0.25, 0.3) is 0 Å². The summed E-state index contributed by atoms with van der Waals surface area (Å²) in [7, 11) is 0. The Labute approximate surface area is 88.4 Å². The van der Waals surface area contributed by atoms with Crippen LogP contribution in [0.25, 0.3) is 0 Å². The third-order valence-electron chi connectivity index (χ3n) is 3.68. The zero-order chi connectivity index (χ0) is 10.6. The van der Waals surface area contributed by atoms with Gasteiger partial charge in [-0.25, -0.2) is 0 Å². The second kappa shape index (κ2) is 2.94. The summed E-state index contributed by atoms with van der Waals surface area (Å²) >= 11 is 6.08. The Kier molecular flexibility index (Phi) is 2.18. The Bertz CT molecular complexity index is 281. The van der Waals surface area contributed by atoms with E-state index in [1.165, 1.54) is 0 Å². The molecule has 0 aromatic rings. The molecular formula is C10H15ClO3. The molecule has 2 saturated heterocycles. The van der Waals surface area contributed by atoms with Crippen molar-refractivity contribution in [3.63, 3.8) is 0 Å². The van der Waals surface area contributed by atoms with Crippen LogP contribution in [-0.2, 0) is 9.53 Å². The molecule has 80 valence electrons. The summed E-state index contributed by atoms with van der Waals surface area (Å²) < 4.78 is 5.76. The fourth-order valence-corrected chi connectivity index (χ4v) is 2.81. The van der Waals surface area contributed by atoms with Crippen LogP contribution >= 0.6 is 11.6 Å². The third kappa shape index (κ3) is 1.09. The highest BCUT2D eigenvalue weighted by molar-refractivity contribution is 6.33. The number of ether oxygens (including phenoxy) is 1. The molecule has 0 aromatic carbocycles. The lowest BCUT2D eigenvalue weighted by molar-refractivity contribution is -0.167. The Balaban J connectivity index is 2.38. The van der Waals surface area contributed by atoms with Crippen molar-refractivity contribution in [2.45, 2.75) is 43.8 Å². The minimum atomic E-state index is -0.803. The molecule has 0 saturated carbocycles. The molecule has 2 aliphatic heterocycles. The van der Waals surface area contributed by atoms with Crippen LogP contribution < -0.4 is 0 Å². The summed E-state index contributed by atoms with van der Waals surface area (Å²) in [5, 5.41) is 8.66. The average Bonchev–Trinajstić information content (AvgIpc) is 2.55. The molecule has 2 bridgehead atoms. The van der Waals surface area contributed by atoms with Crippen LogP contribution in [-0.4, -0.2) is 34.6 Å². The van der Waals surface area contributed by atoms with Crippen molar-refractivity contribution in [2.24, 2.45) is 5.41 Å². The van der Waals surface area contributed by atoms with Crippen molar-refractivity contribution in [1.29, 1.82) is 0 Å². The largest absolute Gasteiger partial charge is 0.395 e. The van der Waals surface area contributed by atoms with Crippen LogP contribution in [0.4, 0.5) is 0 Å². The zero-order valence-electron chi connectivity index (χ0n) is 8.42. The van der Waals surface area contributed by atoms with E-state index in [1.807, 2.05) is 6.92 Å². The van der Waals surface area contributed by atoms with Crippen molar-refractivity contribution in [3.05, 3.63) is 0 Å². The second-order valence-electron chi connectivity index (χ2n) is 4.76. The fraction of sp³-hybridized carbons (Fsp3) is 0.900. The van der Waals surface area contributed by atoms with Crippen LogP contribution in [0.3, 0.4) is 0 Å². The molecule has 0 aliphatic carbocycles. The first-order valence-electron chi connectivity index (χ1n) is 4.91. The van der Waals surface area contributed by atoms with Crippen LogP contribution in [0.5, 0.6) is 0 Å². The van der Waals surface area contributed by atoms with E-state index in [1.54, 1.807) is 6.92 Å². The van der Waals surface area contributed by atoms with Crippen molar-refractivity contribution < 1.29 is 14.6 Å². The predicted octanol–water partition coefficient (Wildman–Crippen LogP) is 1.11. The minimum absolute atomic E-state index is 0.0714. The first-order chi connectivity index (χ1) is 6.44. The molecule has 2 heterocycles. The van der Waals surface area contributed by atoms with E-state index in [0.717, 1.165) is 12.8 Å². The van der Waals surface area contributed by atoms with Gasteiger partial charge in [0, 0.05) is 0 Å². The first kappa shape index (κ1) is 10.4. The van der Waals surface area contributed by atoms with E-state index in [4.69, 9.17) is 16.3 Å². The number of ketones is 1.